The molecule has 0 spiro atoms. The van der Waals surface area contributed by atoms with Crippen LogP contribution in [-0.4, -0.2) is 43.8 Å². The summed E-state index contributed by atoms with van der Waals surface area (Å²) >= 11 is 0. The molecule has 1 aliphatic heterocycles. The molecule has 0 amide bonds. The molecule has 0 bridgehead atoms. The third-order valence-electron chi connectivity index (χ3n) is 6.09. The Morgan fingerprint density at radius 3 is 2.12 bits per heavy atom. The Morgan fingerprint density at radius 1 is 0.909 bits per heavy atom. The van der Waals surface area contributed by atoms with Crippen molar-refractivity contribution < 1.29 is 21.6 Å². The number of hydrogen-bond acceptors (Lipinski definition) is 3. The summed E-state index contributed by atoms with van der Waals surface area (Å²) in [5, 5.41) is 0. The Hall–Kier alpha value is -1.90. The molecule has 1 saturated heterocycles. The Kier molecular flexibility index (Phi) is 7.91. The first-order valence-electron chi connectivity index (χ1n) is 11.4. The van der Waals surface area contributed by atoms with Crippen molar-refractivity contribution in [3.8, 4) is 0 Å². The number of nitrogens with zero attached hydrogens (tertiary/aromatic N) is 2. The fourth-order valence-electron chi connectivity index (χ4n) is 4.02. The van der Waals surface area contributed by atoms with Crippen molar-refractivity contribution in [3.63, 3.8) is 0 Å². The molecule has 0 aromatic heterocycles. The Bertz CT molecular complexity index is 1020. The maximum absolute atomic E-state index is 13.5. The van der Waals surface area contributed by atoms with Gasteiger partial charge in [0.2, 0.25) is 10.0 Å². The maximum atomic E-state index is 13.5. The average molecular weight is 483 g/mol. The minimum atomic E-state index is -4.60. The van der Waals surface area contributed by atoms with Crippen molar-refractivity contribution in [3.05, 3.63) is 65.2 Å². The van der Waals surface area contributed by atoms with E-state index in [2.05, 4.69) is 25.7 Å². The van der Waals surface area contributed by atoms with Crippen LogP contribution < -0.4 is 0 Å². The molecule has 0 unspecified atom stereocenters. The summed E-state index contributed by atoms with van der Waals surface area (Å²) in [7, 11) is -4.11. The van der Waals surface area contributed by atoms with E-state index in [1.807, 2.05) is 24.3 Å². The van der Waals surface area contributed by atoms with Gasteiger partial charge in [-0.3, -0.25) is 0 Å². The first-order chi connectivity index (χ1) is 15.4. The predicted molar refractivity (Wildman–Crippen MR) is 124 cm³/mol. The van der Waals surface area contributed by atoms with Crippen LogP contribution in [0.3, 0.4) is 0 Å². The Balaban J connectivity index is 1.88. The molecule has 4 nitrogen and oxygen atoms in total. The molecule has 0 saturated carbocycles. The van der Waals surface area contributed by atoms with Crippen LogP contribution in [0.25, 0.3) is 0 Å². The van der Waals surface area contributed by atoms with E-state index in [4.69, 9.17) is 0 Å². The normalized spacial score (nSPS) is 16.3. The molecule has 0 N–H and O–H groups in total. The zero-order valence-electron chi connectivity index (χ0n) is 19.5. The van der Waals surface area contributed by atoms with Crippen LogP contribution in [0.2, 0.25) is 0 Å². The lowest BCUT2D eigenvalue weighted by Crippen LogP contribution is -2.40. The molecule has 2 aromatic carbocycles. The number of alkyl halides is 3. The number of sulfonamides is 1. The number of halogens is 3. The second-order valence-corrected chi connectivity index (χ2v) is 11.7. The molecular formula is C25H33F3N2O2S. The zero-order chi connectivity index (χ0) is 24.3. The molecule has 1 fully saturated rings. The molecular weight excluding hydrogens is 449 g/mol. The number of benzene rings is 2. The van der Waals surface area contributed by atoms with Crippen LogP contribution in [-0.2, 0) is 28.2 Å². The number of piperidine rings is 1. The summed E-state index contributed by atoms with van der Waals surface area (Å²) in [6, 6.07) is 11.8. The number of likely N-dealkylation sites (tertiary alicyclic amines) is 1. The van der Waals surface area contributed by atoms with Gasteiger partial charge in [-0.05, 0) is 60.7 Å². The molecule has 0 radical (unpaired) electrons. The van der Waals surface area contributed by atoms with Crippen LogP contribution in [0.15, 0.2) is 53.4 Å². The van der Waals surface area contributed by atoms with Gasteiger partial charge in [0.15, 0.2) is 0 Å². The van der Waals surface area contributed by atoms with Gasteiger partial charge in [-0.1, -0.05) is 57.5 Å². The van der Waals surface area contributed by atoms with E-state index in [0.29, 0.717) is 6.54 Å². The van der Waals surface area contributed by atoms with Gasteiger partial charge in [-0.15, -0.1) is 0 Å². The highest BCUT2D eigenvalue weighted by Crippen LogP contribution is 2.31. The topological polar surface area (TPSA) is 40.6 Å². The summed E-state index contributed by atoms with van der Waals surface area (Å²) in [5.74, 6) is 0. The maximum Gasteiger partial charge on any atom is 0.416 e. The van der Waals surface area contributed by atoms with Crippen molar-refractivity contribution in [2.75, 3.05) is 26.2 Å². The van der Waals surface area contributed by atoms with Gasteiger partial charge in [0.25, 0.3) is 0 Å². The quantitative estimate of drug-likeness (QED) is 0.510. The lowest BCUT2D eigenvalue weighted by atomic mass is 9.87. The average Bonchev–Trinajstić information content (AvgIpc) is 2.76. The van der Waals surface area contributed by atoms with Crippen LogP contribution in [0.1, 0.15) is 56.7 Å². The summed E-state index contributed by atoms with van der Waals surface area (Å²) in [6.07, 6.45) is -1.28. The van der Waals surface area contributed by atoms with Gasteiger partial charge < -0.3 is 4.90 Å². The fourth-order valence-corrected chi connectivity index (χ4v) is 5.48. The van der Waals surface area contributed by atoms with Gasteiger partial charge >= 0.3 is 6.18 Å². The molecule has 0 atom stereocenters. The minimum Gasteiger partial charge on any atom is -0.302 e. The third-order valence-corrected chi connectivity index (χ3v) is 7.93. The van der Waals surface area contributed by atoms with Crippen molar-refractivity contribution in [2.45, 2.75) is 63.1 Å². The molecule has 8 heteroatoms. The summed E-state index contributed by atoms with van der Waals surface area (Å²) in [5.41, 5.74) is 0.939. The van der Waals surface area contributed by atoms with Crippen LogP contribution in [0, 0.1) is 0 Å². The Labute approximate surface area is 195 Å². The van der Waals surface area contributed by atoms with E-state index < -0.39 is 21.8 Å². The lowest BCUT2D eigenvalue weighted by Gasteiger charge is -2.30. The Morgan fingerprint density at radius 2 is 1.55 bits per heavy atom. The molecule has 3 rings (SSSR count). The standard InChI is InChI=1S/C25H33F3N2O2S/c1-24(2,3)21-12-10-20(11-13-21)19-30(17-16-29-14-5-4-6-15-29)33(31,32)23-9-7-8-22(18-23)25(26,27)28/h7-13,18H,4-6,14-17,19H2,1-3H3. The van der Waals surface area contributed by atoms with Crippen LogP contribution >= 0.6 is 0 Å². The van der Waals surface area contributed by atoms with E-state index in [0.717, 1.165) is 55.3 Å². The number of hydrogen-bond donors (Lipinski definition) is 0. The molecule has 2 aromatic rings. The monoisotopic (exact) mass is 482 g/mol. The molecule has 182 valence electrons. The highest BCUT2D eigenvalue weighted by Gasteiger charge is 2.33. The summed E-state index contributed by atoms with van der Waals surface area (Å²) < 4.78 is 67.9. The fraction of sp³-hybridized carbons (Fsp3) is 0.520. The van der Waals surface area contributed by atoms with Crippen LogP contribution in [0.5, 0.6) is 0 Å². The van der Waals surface area contributed by atoms with Gasteiger partial charge in [0.05, 0.1) is 10.5 Å². The summed E-state index contributed by atoms with van der Waals surface area (Å²) in [4.78, 5) is 1.89. The highest BCUT2D eigenvalue weighted by atomic mass is 32.2. The lowest BCUT2D eigenvalue weighted by molar-refractivity contribution is -0.137. The number of rotatable bonds is 7. The van der Waals surface area contributed by atoms with Gasteiger partial charge in [0.1, 0.15) is 0 Å². The van der Waals surface area contributed by atoms with Crippen molar-refractivity contribution >= 4 is 10.0 Å². The largest absolute Gasteiger partial charge is 0.416 e. The molecule has 33 heavy (non-hydrogen) atoms. The van der Waals surface area contributed by atoms with Gasteiger partial charge in [-0.2, -0.15) is 17.5 Å². The second-order valence-electron chi connectivity index (χ2n) is 9.71. The third kappa shape index (κ3) is 6.80. The van der Waals surface area contributed by atoms with Gasteiger partial charge in [-0.25, -0.2) is 8.42 Å². The van der Waals surface area contributed by atoms with E-state index in [1.54, 1.807) is 0 Å². The first kappa shape index (κ1) is 25.7. The first-order valence-corrected chi connectivity index (χ1v) is 12.8. The van der Waals surface area contributed by atoms with E-state index in [9.17, 15) is 21.6 Å². The highest BCUT2D eigenvalue weighted by molar-refractivity contribution is 7.89. The van der Waals surface area contributed by atoms with Crippen molar-refractivity contribution in [1.29, 1.82) is 0 Å². The molecule has 1 aliphatic rings. The predicted octanol–water partition coefficient (Wildman–Crippen LogP) is 5.68. The molecule has 0 aliphatic carbocycles. The van der Waals surface area contributed by atoms with Crippen molar-refractivity contribution in [2.24, 2.45) is 0 Å². The van der Waals surface area contributed by atoms with Crippen molar-refractivity contribution in [1.82, 2.24) is 9.21 Å². The smallest absolute Gasteiger partial charge is 0.302 e. The minimum absolute atomic E-state index is 0.0312. The van der Waals surface area contributed by atoms with E-state index in [-0.39, 0.29) is 23.4 Å². The van der Waals surface area contributed by atoms with E-state index >= 15 is 0 Å². The summed E-state index contributed by atoms with van der Waals surface area (Å²) in [6.45, 7) is 9.02. The van der Waals surface area contributed by atoms with E-state index in [1.165, 1.54) is 16.8 Å². The second kappa shape index (κ2) is 10.2. The van der Waals surface area contributed by atoms with Crippen LogP contribution in [0.4, 0.5) is 13.2 Å². The zero-order valence-corrected chi connectivity index (χ0v) is 20.3. The SMILES string of the molecule is CC(C)(C)c1ccc(CN(CCN2CCCCC2)S(=O)(=O)c2cccc(C(F)(F)F)c2)cc1. The molecule has 1 heterocycles. The van der Waals surface area contributed by atoms with Gasteiger partial charge in [0, 0.05) is 19.6 Å².